The van der Waals surface area contributed by atoms with Crippen LogP contribution in [0.3, 0.4) is 0 Å². The van der Waals surface area contributed by atoms with Crippen LogP contribution in [0.2, 0.25) is 0 Å². The third-order valence-electron chi connectivity index (χ3n) is 4.41. The fourth-order valence-corrected chi connectivity index (χ4v) is 3.69. The highest BCUT2D eigenvalue weighted by Crippen LogP contribution is 2.44. The number of halogens is 1. The lowest BCUT2D eigenvalue weighted by molar-refractivity contribution is -0.171. The predicted octanol–water partition coefficient (Wildman–Crippen LogP) is 3.43. The van der Waals surface area contributed by atoms with Crippen LogP contribution in [-0.4, -0.2) is 24.2 Å². The summed E-state index contributed by atoms with van der Waals surface area (Å²) in [6.07, 6.45) is 3.60. The molecule has 0 heterocycles. The number of hydrogen-bond donors (Lipinski definition) is 1. The molecule has 4 nitrogen and oxygen atoms in total. The average Bonchev–Trinajstić information content (AvgIpc) is 3.00. The normalized spacial score (nSPS) is 18.2. The number of carboxylic acids is 1. The van der Waals surface area contributed by atoms with E-state index in [2.05, 4.69) is 15.9 Å². The number of ether oxygens (including phenoxy) is 1. The smallest absolute Gasteiger partial charge is 0.323 e. The fraction of sp³-hybridized carbons (Fsp3) is 0.500. The molecule has 1 unspecified atom stereocenters. The lowest BCUT2D eigenvalue weighted by Gasteiger charge is -2.32. The zero-order valence-electron chi connectivity index (χ0n) is 12.0. The molecular formula is C16H19BrO4. The first kappa shape index (κ1) is 16.0. The molecule has 114 valence electrons. The molecule has 2 rings (SSSR count). The molecule has 0 aromatic heterocycles. The third kappa shape index (κ3) is 2.98. The molecule has 1 N–H and O–H groups in total. The van der Waals surface area contributed by atoms with Gasteiger partial charge in [0.2, 0.25) is 0 Å². The molecule has 0 spiro atoms. The van der Waals surface area contributed by atoms with Gasteiger partial charge in [-0.15, -0.1) is 0 Å². The lowest BCUT2D eigenvalue weighted by Crippen LogP contribution is -2.47. The summed E-state index contributed by atoms with van der Waals surface area (Å²) in [5, 5.41) is 9.82. The minimum Gasteiger partial charge on any atom is -0.480 e. The number of aliphatic carboxylic acids is 1. The Bertz CT molecular complexity index is 537. The summed E-state index contributed by atoms with van der Waals surface area (Å²) in [4.78, 5) is 24.4. The van der Waals surface area contributed by atoms with Crippen LogP contribution in [0.25, 0.3) is 0 Å². The van der Waals surface area contributed by atoms with Gasteiger partial charge in [0, 0.05) is 10.9 Å². The summed E-state index contributed by atoms with van der Waals surface area (Å²) >= 11 is 3.43. The van der Waals surface area contributed by atoms with Crippen molar-refractivity contribution in [3.63, 3.8) is 0 Å². The van der Waals surface area contributed by atoms with E-state index in [-0.39, 0.29) is 12.3 Å². The molecule has 5 heteroatoms. The molecule has 1 atom stereocenters. The second kappa shape index (κ2) is 6.60. The molecule has 0 bridgehead atoms. The van der Waals surface area contributed by atoms with Crippen molar-refractivity contribution < 1.29 is 19.4 Å². The van der Waals surface area contributed by atoms with E-state index >= 15 is 0 Å². The molecular weight excluding hydrogens is 336 g/mol. The highest BCUT2D eigenvalue weighted by atomic mass is 79.9. The standard InChI is InChI=1S/C16H19BrO4/c1-21-15(20)16(14(18)19,12-7-3-4-8-12)10-11-6-2-5-9-13(11)17/h2,5-6,9,12H,3-4,7-8,10H2,1H3,(H,18,19). The maximum Gasteiger partial charge on any atom is 0.323 e. The van der Waals surface area contributed by atoms with E-state index in [1.807, 2.05) is 24.3 Å². The maximum absolute atomic E-state index is 12.4. The number of esters is 1. The van der Waals surface area contributed by atoms with E-state index in [0.29, 0.717) is 0 Å². The lowest BCUT2D eigenvalue weighted by atomic mass is 9.70. The van der Waals surface area contributed by atoms with E-state index in [0.717, 1.165) is 35.7 Å². The Kier molecular flexibility index (Phi) is 5.04. The third-order valence-corrected chi connectivity index (χ3v) is 5.18. The number of rotatable bonds is 5. The molecule has 0 amide bonds. The Balaban J connectivity index is 2.46. The van der Waals surface area contributed by atoms with Gasteiger partial charge in [-0.1, -0.05) is 47.0 Å². The zero-order chi connectivity index (χ0) is 15.5. The summed E-state index contributed by atoms with van der Waals surface area (Å²) < 4.78 is 5.68. The number of carbonyl (C=O) groups excluding carboxylic acids is 1. The predicted molar refractivity (Wildman–Crippen MR) is 81.9 cm³/mol. The minimum absolute atomic E-state index is 0.154. The first-order chi connectivity index (χ1) is 10.0. The number of carboxylic acid groups (broad SMARTS) is 1. The molecule has 0 saturated heterocycles. The van der Waals surface area contributed by atoms with Crippen LogP contribution in [0.4, 0.5) is 0 Å². The maximum atomic E-state index is 12.4. The number of methoxy groups -OCH3 is 1. The van der Waals surface area contributed by atoms with Crippen molar-refractivity contribution in [1.82, 2.24) is 0 Å². The molecule has 1 saturated carbocycles. The van der Waals surface area contributed by atoms with Crippen molar-refractivity contribution in [3.05, 3.63) is 34.3 Å². The van der Waals surface area contributed by atoms with Gasteiger partial charge >= 0.3 is 11.9 Å². The number of benzene rings is 1. The van der Waals surface area contributed by atoms with Gasteiger partial charge in [0.25, 0.3) is 0 Å². The Morgan fingerprint density at radius 2 is 1.95 bits per heavy atom. The van der Waals surface area contributed by atoms with Gasteiger partial charge in [-0.3, -0.25) is 9.59 Å². The molecule has 1 aliphatic carbocycles. The van der Waals surface area contributed by atoms with Gasteiger partial charge in [-0.2, -0.15) is 0 Å². The largest absolute Gasteiger partial charge is 0.480 e. The molecule has 0 radical (unpaired) electrons. The number of carbonyl (C=O) groups is 2. The van der Waals surface area contributed by atoms with Crippen molar-refractivity contribution in [2.75, 3.05) is 7.11 Å². The first-order valence-corrected chi connectivity index (χ1v) is 7.87. The van der Waals surface area contributed by atoms with E-state index in [1.54, 1.807) is 0 Å². The zero-order valence-corrected chi connectivity index (χ0v) is 13.6. The summed E-state index contributed by atoms with van der Waals surface area (Å²) in [7, 11) is 1.26. The van der Waals surface area contributed by atoms with Crippen LogP contribution < -0.4 is 0 Å². The highest BCUT2D eigenvalue weighted by molar-refractivity contribution is 9.10. The van der Waals surface area contributed by atoms with Crippen molar-refractivity contribution >= 4 is 27.9 Å². The molecule has 1 aliphatic rings. The summed E-state index contributed by atoms with van der Waals surface area (Å²) in [5.41, 5.74) is -0.674. The van der Waals surface area contributed by atoms with E-state index in [1.165, 1.54) is 7.11 Å². The summed E-state index contributed by atoms with van der Waals surface area (Å²) in [6, 6.07) is 7.41. The van der Waals surface area contributed by atoms with Crippen molar-refractivity contribution in [3.8, 4) is 0 Å². The van der Waals surface area contributed by atoms with Gasteiger partial charge in [0.1, 0.15) is 0 Å². The fourth-order valence-electron chi connectivity index (χ4n) is 3.26. The van der Waals surface area contributed by atoms with Crippen molar-refractivity contribution in [2.24, 2.45) is 11.3 Å². The second-order valence-electron chi connectivity index (χ2n) is 5.52. The highest BCUT2D eigenvalue weighted by Gasteiger charge is 2.54. The van der Waals surface area contributed by atoms with E-state index in [9.17, 15) is 14.7 Å². The average molecular weight is 355 g/mol. The van der Waals surface area contributed by atoms with Crippen LogP contribution in [0.5, 0.6) is 0 Å². The van der Waals surface area contributed by atoms with Gasteiger partial charge in [0.15, 0.2) is 5.41 Å². The van der Waals surface area contributed by atoms with Gasteiger partial charge in [-0.05, 0) is 30.4 Å². The van der Waals surface area contributed by atoms with Crippen LogP contribution in [0, 0.1) is 11.3 Å². The minimum atomic E-state index is -1.49. The van der Waals surface area contributed by atoms with Crippen LogP contribution in [0.15, 0.2) is 28.7 Å². The monoisotopic (exact) mass is 354 g/mol. The first-order valence-electron chi connectivity index (χ1n) is 7.07. The Hall–Kier alpha value is -1.36. The number of hydrogen-bond acceptors (Lipinski definition) is 3. The van der Waals surface area contributed by atoms with Gasteiger partial charge in [-0.25, -0.2) is 0 Å². The SMILES string of the molecule is COC(=O)C(Cc1ccccc1Br)(C(=O)O)C1CCCC1. The molecule has 0 aliphatic heterocycles. The van der Waals surface area contributed by atoms with Crippen molar-refractivity contribution in [1.29, 1.82) is 0 Å². The van der Waals surface area contributed by atoms with Crippen molar-refractivity contribution in [2.45, 2.75) is 32.1 Å². The van der Waals surface area contributed by atoms with E-state index in [4.69, 9.17) is 4.74 Å². The topological polar surface area (TPSA) is 63.6 Å². The van der Waals surface area contributed by atoms with E-state index < -0.39 is 17.4 Å². The Morgan fingerprint density at radius 3 is 2.48 bits per heavy atom. The second-order valence-corrected chi connectivity index (χ2v) is 6.37. The molecule has 1 fully saturated rings. The summed E-state index contributed by atoms with van der Waals surface area (Å²) in [6.45, 7) is 0. The van der Waals surface area contributed by atoms with Gasteiger partial charge in [0.05, 0.1) is 7.11 Å². The Labute approximate surface area is 132 Å². The molecule has 1 aromatic carbocycles. The van der Waals surface area contributed by atoms with Gasteiger partial charge < -0.3 is 9.84 Å². The quantitative estimate of drug-likeness (QED) is 0.649. The molecule has 21 heavy (non-hydrogen) atoms. The Morgan fingerprint density at radius 1 is 1.33 bits per heavy atom. The van der Waals surface area contributed by atoms with Crippen LogP contribution in [0.1, 0.15) is 31.2 Å². The van der Waals surface area contributed by atoms with Crippen LogP contribution in [-0.2, 0) is 20.7 Å². The van der Waals surface area contributed by atoms with Crippen LogP contribution >= 0.6 is 15.9 Å². The molecule has 1 aromatic rings. The summed E-state index contributed by atoms with van der Waals surface area (Å²) in [5.74, 6) is -1.90.